The number of benzene rings is 2. The first kappa shape index (κ1) is 15.4. The maximum Gasteiger partial charge on any atom is 0.0995 e. The summed E-state index contributed by atoms with van der Waals surface area (Å²) < 4.78 is 0. The summed E-state index contributed by atoms with van der Waals surface area (Å²) in [6.07, 6.45) is 0. The summed E-state index contributed by atoms with van der Waals surface area (Å²) in [7, 11) is 1.93. The maximum atomic E-state index is 9.24. The van der Waals surface area contributed by atoms with Crippen LogP contribution >= 0.6 is 11.6 Å². The molecule has 2 aromatic rings. The van der Waals surface area contributed by atoms with Crippen LogP contribution in [0, 0.1) is 11.3 Å². The van der Waals surface area contributed by atoms with E-state index in [2.05, 4.69) is 28.4 Å². The lowest BCUT2D eigenvalue weighted by atomic mass is 10.1. The molecule has 0 saturated heterocycles. The number of likely N-dealkylation sites (N-methyl/N-ethyl adjacent to an activating group) is 1. The van der Waals surface area contributed by atoms with Crippen molar-refractivity contribution in [3.63, 3.8) is 0 Å². The summed E-state index contributed by atoms with van der Waals surface area (Å²) in [5.74, 6) is 0. The van der Waals surface area contributed by atoms with E-state index in [-0.39, 0.29) is 0 Å². The molecule has 108 valence electrons. The normalized spacial score (nSPS) is 10.1. The predicted octanol–water partition coefficient (Wildman–Crippen LogP) is 3.44. The number of rotatable bonds is 6. The molecule has 0 aliphatic rings. The van der Waals surface area contributed by atoms with E-state index in [1.54, 1.807) is 12.1 Å². The number of hydrogen-bond donors (Lipinski definition) is 1. The van der Waals surface area contributed by atoms with Gasteiger partial charge in [0.05, 0.1) is 11.6 Å². The number of anilines is 1. The van der Waals surface area contributed by atoms with Gasteiger partial charge in [0.15, 0.2) is 0 Å². The smallest absolute Gasteiger partial charge is 0.0995 e. The Morgan fingerprint density at radius 3 is 2.62 bits per heavy atom. The molecule has 2 rings (SSSR count). The summed E-state index contributed by atoms with van der Waals surface area (Å²) in [6, 6.07) is 17.8. The SMILES string of the molecule is CNCCN(Cc1cc(Cl)ccc1C#N)c1ccccc1. The molecule has 2 aromatic carbocycles. The van der Waals surface area contributed by atoms with Crippen LogP contribution in [-0.4, -0.2) is 20.1 Å². The average Bonchev–Trinajstić information content (AvgIpc) is 2.52. The first-order valence-corrected chi connectivity index (χ1v) is 7.25. The van der Waals surface area contributed by atoms with Crippen LogP contribution in [0.15, 0.2) is 48.5 Å². The van der Waals surface area contributed by atoms with E-state index in [0.717, 1.165) is 24.3 Å². The molecule has 3 nitrogen and oxygen atoms in total. The van der Waals surface area contributed by atoms with Crippen molar-refractivity contribution in [2.45, 2.75) is 6.54 Å². The minimum absolute atomic E-state index is 0.658. The van der Waals surface area contributed by atoms with Gasteiger partial charge in [-0.3, -0.25) is 0 Å². The zero-order chi connectivity index (χ0) is 15.1. The van der Waals surface area contributed by atoms with Crippen molar-refractivity contribution in [1.82, 2.24) is 5.32 Å². The Morgan fingerprint density at radius 1 is 1.19 bits per heavy atom. The minimum atomic E-state index is 0.658. The van der Waals surface area contributed by atoms with Crippen molar-refractivity contribution >= 4 is 17.3 Å². The van der Waals surface area contributed by atoms with Crippen molar-refractivity contribution < 1.29 is 0 Å². The zero-order valence-corrected chi connectivity index (χ0v) is 12.8. The number of nitrogens with zero attached hydrogens (tertiary/aromatic N) is 2. The standard InChI is InChI=1S/C17H18ClN3/c1-20-9-10-21(17-5-3-2-4-6-17)13-15-11-16(18)8-7-14(15)12-19/h2-8,11,20H,9-10,13H2,1H3. The molecular weight excluding hydrogens is 282 g/mol. The summed E-state index contributed by atoms with van der Waals surface area (Å²) >= 11 is 6.07. The van der Waals surface area contributed by atoms with Crippen LogP contribution in [0.1, 0.15) is 11.1 Å². The van der Waals surface area contributed by atoms with Gasteiger partial charge in [-0.05, 0) is 42.9 Å². The Bertz CT molecular complexity index is 620. The highest BCUT2D eigenvalue weighted by Gasteiger charge is 2.10. The molecule has 0 aromatic heterocycles. The highest BCUT2D eigenvalue weighted by Crippen LogP contribution is 2.21. The van der Waals surface area contributed by atoms with Crippen LogP contribution in [0.25, 0.3) is 0 Å². The van der Waals surface area contributed by atoms with Gasteiger partial charge in [0.1, 0.15) is 0 Å². The molecule has 1 N–H and O–H groups in total. The van der Waals surface area contributed by atoms with E-state index >= 15 is 0 Å². The number of para-hydroxylation sites is 1. The second-order valence-electron chi connectivity index (χ2n) is 4.77. The Balaban J connectivity index is 2.27. The van der Waals surface area contributed by atoms with Crippen LogP contribution < -0.4 is 10.2 Å². The third-order valence-corrected chi connectivity index (χ3v) is 3.54. The fourth-order valence-corrected chi connectivity index (χ4v) is 2.39. The van der Waals surface area contributed by atoms with Crippen molar-refractivity contribution in [2.24, 2.45) is 0 Å². The number of hydrogen-bond acceptors (Lipinski definition) is 3. The van der Waals surface area contributed by atoms with Crippen LogP contribution in [-0.2, 0) is 6.54 Å². The highest BCUT2D eigenvalue weighted by molar-refractivity contribution is 6.30. The highest BCUT2D eigenvalue weighted by atomic mass is 35.5. The molecule has 0 spiro atoms. The van der Waals surface area contributed by atoms with Crippen LogP contribution in [0.2, 0.25) is 5.02 Å². The topological polar surface area (TPSA) is 39.1 Å². The Hall–Kier alpha value is -2.02. The largest absolute Gasteiger partial charge is 0.366 e. The van der Waals surface area contributed by atoms with E-state index in [9.17, 15) is 5.26 Å². The van der Waals surface area contributed by atoms with Crippen LogP contribution in [0.5, 0.6) is 0 Å². The monoisotopic (exact) mass is 299 g/mol. The first-order chi connectivity index (χ1) is 10.2. The fraction of sp³-hybridized carbons (Fsp3) is 0.235. The Labute approximate surface area is 130 Å². The predicted molar refractivity (Wildman–Crippen MR) is 87.6 cm³/mol. The van der Waals surface area contributed by atoms with Crippen LogP contribution in [0.4, 0.5) is 5.69 Å². The van der Waals surface area contributed by atoms with Gasteiger partial charge in [-0.2, -0.15) is 5.26 Å². The lowest BCUT2D eigenvalue weighted by molar-refractivity contribution is 0.721. The van der Waals surface area contributed by atoms with Gasteiger partial charge in [0.25, 0.3) is 0 Å². The van der Waals surface area contributed by atoms with E-state index in [1.165, 1.54) is 0 Å². The van der Waals surface area contributed by atoms with Gasteiger partial charge >= 0.3 is 0 Å². The first-order valence-electron chi connectivity index (χ1n) is 6.87. The molecule has 0 aliphatic carbocycles. The molecule has 0 fully saturated rings. The maximum absolute atomic E-state index is 9.24. The number of nitrogens with one attached hydrogen (secondary N) is 1. The summed E-state index contributed by atoms with van der Waals surface area (Å²) in [5, 5.41) is 13.1. The molecular formula is C17H18ClN3. The van der Waals surface area contributed by atoms with Gasteiger partial charge in [-0.25, -0.2) is 0 Å². The molecule has 0 radical (unpaired) electrons. The Morgan fingerprint density at radius 2 is 1.95 bits per heavy atom. The van der Waals surface area contributed by atoms with Crippen molar-refractivity contribution in [3.8, 4) is 6.07 Å². The molecule has 0 bridgehead atoms. The molecule has 21 heavy (non-hydrogen) atoms. The molecule has 0 aliphatic heterocycles. The molecule has 0 atom stereocenters. The van der Waals surface area contributed by atoms with Gasteiger partial charge in [-0.15, -0.1) is 0 Å². The van der Waals surface area contributed by atoms with Gasteiger partial charge in [-0.1, -0.05) is 29.8 Å². The van der Waals surface area contributed by atoms with Gasteiger partial charge in [0.2, 0.25) is 0 Å². The third kappa shape index (κ3) is 4.22. The minimum Gasteiger partial charge on any atom is -0.366 e. The van der Waals surface area contributed by atoms with Crippen LogP contribution in [0.3, 0.4) is 0 Å². The second kappa shape index (κ2) is 7.68. The van der Waals surface area contributed by atoms with Gasteiger partial charge in [0, 0.05) is 30.3 Å². The lowest BCUT2D eigenvalue weighted by Crippen LogP contribution is -2.30. The zero-order valence-electron chi connectivity index (χ0n) is 12.0. The lowest BCUT2D eigenvalue weighted by Gasteiger charge is -2.25. The van der Waals surface area contributed by atoms with Crippen molar-refractivity contribution in [3.05, 3.63) is 64.7 Å². The number of halogens is 1. The summed E-state index contributed by atoms with van der Waals surface area (Å²) in [5.41, 5.74) is 2.76. The quantitative estimate of drug-likeness (QED) is 0.888. The fourth-order valence-electron chi connectivity index (χ4n) is 2.19. The van der Waals surface area contributed by atoms with E-state index < -0.39 is 0 Å². The van der Waals surface area contributed by atoms with E-state index in [1.807, 2.05) is 31.3 Å². The molecule has 0 heterocycles. The van der Waals surface area contributed by atoms with E-state index in [4.69, 9.17) is 11.6 Å². The molecule has 0 unspecified atom stereocenters. The average molecular weight is 300 g/mol. The number of nitriles is 1. The van der Waals surface area contributed by atoms with Crippen molar-refractivity contribution in [2.75, 3.05) is 25.0 Å². The van der Waals surface area contributed by atoms with Gasteiger partial charge < -0.3 is 10.2 Å². The molecule has 4 heteroatoms. The second-order valence-corrected chi connectivity index (χ2v) is 5.21. The van der Waals surface area contributed by atoms with Crippen molar-refractivity contribution in [1.29, 1.82) is 5.26 Å². The molecule has 0 amide bonds. The summed E-state index contributed by atoms with van der Waals surface area (Å²) in [6.45, 7) is 2.39. The Kier molecular flexibility index (Phi) is 5.62. The summed E-state index contributed by atoms with van der Waals surface area (Å²) in [4.78, 5) is 2.24. The van der Waals surface area contributed by atoms with E-state index in [0.29, 0.717) is 17.1 Å². The molecule has 0 saturated carbocycles. The third-order valence-electron chi connectivity index (χ3n) is 3.30.